The summed E-state index contributed by atoms with van der Waals surface area (Å²) < 4.78 is 20.3. The molecule has 1 amide bonds. The number of aromatic amines is 1. The maximum Gasteiger partial charge on any atom is 0.309 e. The lowest BCUT2D eigenvalue weighted by Gasteiger charge is -2.19. The summed E-state index contributed by atoms with van der Waals surface area (Å²) in [6.45, 7) is 7.68. The van der Waals surface area contributed by atoms with E-state index >= 15 is 0 Å². The Morgan fingerprint density at radius 2 is 2.03 bits per heavy atom. The standard InChI is InChI=1S/C26H29FN8O2/c1-14-21(13-29-33-14)32-25-28-10-9-19(31-25)15-5-7-18-16(11-15)12-17(27)6-8-20(18)30-22(36)23-34-35-24(37-23)26(2,3)4/h5,7,9-11,13,17,20H,6,8,12H2,1-4H3,(H,29,33)(H,30,36)(H,28,31,32)/t17-,20-/m0/s1. The Morgan fingerprint density at radius 1 is 1.19 bits per heavy atom. The second-order valence-corrected chi connectivity index (χ2v) is 10.3. The number of halogens is 1. The van der Waals surface area contributed by atoms with E-state index in [4.69, 9.17) is 4.42 Å². The van der Waals surface area contributed by atoms with Crippen LogP contribution < -0.4 is 10.6 Å². The first-order valence-corrected chi connectivity index (χ1v) is 12.2. The fraction of sp³-hybridized carbons (Fsp3) is 0.385. The number of hydrogen-bond acceptors (Lipinski definition) is 8. The highest BCUT2D eigenvalue weighted by atomic mass is 19.1. The van der Waals surface area contributed by atoms with Gasteiger partial charge in [0.1, 0.15) is 6.17 Å². The fourth-order valence-corrected chi connectivity index (χ4v) is 4.29. The number of hydrogen-bond donors (Lipinski definition) is 3. The Kier molecular flexibility index (Phi) is 6.45. The van der Waals surface area contributed by atoms with E-state index in [2.05, 4.69) is 41.0 Å². The van der Waals surface area contributed by atoms with Gasteiger partial charge in [0.05, 0.1) is 29.3 Å². The maximum absolute atomic E-state index is 14.7. The van der Waals surface area contributed by atoms with Gasteiger partial charge in [-0.3, -0.25) is 9.89 Å². The average Bonchev–Trinajstić information content (AvgIpc) is 3.48. The van der Waals surface area contributed by atoms with Crippen molar-refractivity contribution in [3.63, 3.8) is 0 Å². The lowest BCUT2D eigenvalue weighted by Crippen LogP contribution is -2.29. The predicted molar refractivity (Wildman–Crippen MR) is 135 cm³/mol. The largest absolute Gasteiger partial charge is 0.416 e. The van der Waals surface area contributed by atoms with Gasteiger partial charge in [0, 0.05) is 23.6 Å². The number of carbonyl (C=O) groups excluding carboxylic acids is 1. The molecule has 37 heavy (non-hydrogen) atoms. The van der Waals surface area contributed by atoms with Gasteiger partial charge in [-0.25, -0.2) is 14.4 Å². The molecule has 0 unspecified atom stereocenters. The van der Waals surface area contributed by atoms with Crippen molar-refractivity contribution in [3.8, 4) is 11.3 Å². The van der Waals surface area contributed by atoms with Crippen molar-refractivity contribution in [2.45, 2.75) is 64.6 Å². The molecule has 192 valence electrons. The first-order chi connectivity index (χ1) is 17.7. The van der Waals surface area contributed by atoms with E-state index in [0.717, 1.165) is 28.1 Å². The van der Waals surface area contributed by atoms with Crippen LogP contribution in [-0.4, -0.2) is 42.4 Å². The molecule has 1 aliphatic rings. The van der Waals surface area contributed by atoms with Crippen LogP contribution in [0.4, 0.5) is 16.0 Å². The number of H-pyrrole nitrogens is 1. The smallest absolute Gasteiger partial charge is 0.309 e. The number of aromatic nitrogens is 6. The van der Waals surface area contributed by atoms with Crippen molar-refractivity contribution >= 4 is 17.5 Å². The number of rotatable bonds is 5. The molecule has 0 bridgehead atoms. The van der Waals surface area contributed by atoms with E-state index in [9.17, 15) is 9.18 Å². The monoisotopic (exact) mass is 504 g/mol. The van der Waals surface area contributed by atoms with Gasteiger partial charge >= 0.3 is 11.8 Å². The summed E-state index contributed by atoms with van der Waals surface area (Å²) in [4.78, 5) is 21.8. The zero-order valence-electron chi connectivity index (χ0n) is 21.2. The van der Waals surface area contributed by atoms with Crippen molar-refractivity contribution in [3.05, 3.63) is 65.3 Å². The summed E-state index contributed by atoms with van der Waals surface area (Å²) in [5.41, 5.74) is 4.51. The van der Waals surface area contributed by atoms with Gasteiger partial charge in [0.15, 0.2) is 0 Å². The molecule has 1 aliphatic carbocycles. The number of aryl methyl sites for hydroxylation is 1. The van der Waals surface area contributed by atoms with Crippen LogP contribution in [0, 0.1) is 6.92 Å². The van der Waals surface area contributed by atoms with Gasteiger partial charge in [-0.05, 0) is 43.0 Å². The number of nitrogens with zero attached hydrogens (tertiary/aromatic N) is 5. The second kappa shape index (κ2) is 9.72. The van der Waals surface area contributed by atoms with Crippen LogP contribution in [0.25, 0.3) is 11.3 Å². The third-order valence-electron chi connectivity index (χ3n) is 6.32. The van der Waals surface area contributed by atoms with Gasteiger partial charge < -0.3 is 15.1 Å². The van der Waals surface area contributed by atoms with E-state index in [-0.39, 0.29) is 23.8 Å². The Hall–Kier alpha value is -4.15. The van der Waals surface area contributed by atoms with Crippen LogP contribution in [0.2, 0.25) is 0 Å². The van der Waals surface area contributed by atoms with Crippen molar-refractivity contribution in [1.82, 2.24) is 35.7 Å². The van der Waals surface area contributed by atoms with Crippen molar-refractivity contribution in [2.75, 3.05) is 5.32 Å². The zero-order valence-corrected chi connectivity index (χ0v) is 21.2. The highest BCUT2D eigenvalue weighted by Gasteiger charge is 2.29. The van der Waals surface area contributed by atoms with E-state index in [0.29, 0.717) is 30.4 Å². The topological polar surface area (TPSA) is 135 Å². The molecule has 3 aromatic heterocycles. The Morgan fingerprint density at radius 3 is 2.76 bits per heavy atom. The first kappa shape index (κ1) is 24.5. The van der Waals surface area contributed by atoms with Gasteiger partial charge in [0.25, 0.3) is 0 Å². The minimum absolute atomic E-state index is 0.0991. The molecule has 5 rings (SSSR count). The molecular weight excluding hydrogens is 475 g/mol. The summed E-state index contributed by atoms with van der Waals surface area (Å²) in [7, 11) is 0. The number of anilines is 2. The van der Waals surface area contributed by atoms with Crippen molar-refractivity contribution in [2.24, 2.45) is 0 Å². The van der Waals surface area contributed by atoms with Crippen LogP contribution in [0.5, 0.6) is 0 Å². The van der Waals surface area contributed by atoms with Crippen LogP contribution in [0.3, 0.4) is 0 Å². The third-order valence-corrected chi connectivity index (χ3v) is 6.32. The summed E-state index contributed by atoms with van der Waals surface area (Å²) >= 11 is 0. The molecule has 0 saturated carbocycles. The Labute approximate surface area is 213 Å². The Bertz CT molecular complexity index is 1420. The van der Waals surface area contributed by atoms with Crippen LogP contribution >= 0.6 is 0 Å². The predicted octanol–water partition coefficient (Wildman–Crippen LogP) is 4.74. The van der Waals surface area contributed by atoms with E-state index < -0.39 is 12.1 Å². The minimum atomic E-state index is -1.02. The van der Waals surface area contributed by atoms with Gasteiger partial charge in [-0.1, -0.05) is 32.9 Å². The van der Waals surface area contributed by atoms with Gasteiger partial charge in [0.2, 0.25) is 11.8 Å². The van der Waals surface area contributed by atoms with Crippen molar-refractivity contribution in [1.29, 1.82) is 0 Å². The molecule has 10 nitrogen and oxygen atoms in total. The fourth-order valence-electron chi connectivity index (χ4n) is 4.29. The van der Waals surface area contributed by atoms with Crippen LogP contribution in [0.15, 0.2) is 41.1 Å². The molecule has 1 aromatic carbocycles. The molecule has 4 aromatic rings. The molecule has 0 aliphatic heterocycles. The number of nitrogens with one attached hydrogen (secondary N) is 3. The lowest BCUT2D eigenvalue weighted by molar-refractivity contribution is 0.0894. The van der Waals surface area contributed by atoms with E-state index in [1.165, 1.54) is 0 Å². The average molecular weight is 505 g/mol. The number of carbonyl (C=O) groups is 1. The highest BCUT2D eigenvalue weighted by Crippen LogP contribution is 2.33. The number of fused-ring (bicyclic) bond motifs is 1. The number of amides is 1. The Balaban J connectivity index is 1.39. The van der Waals surface area contributed by atoms with Crippen LogP contribution in [0.1, 0.15) is 73.1 Å². The molecule has 0 saturated heterocycles. The summed E-state index contributed by atoms with van der Waals surface area (Å²) in [6, 6.07) is 7.22. The normalized spacial score (nSPS) is 17.6. The minimum Gasteiger partial charge on any atom is -0.416 e. The zero-order chi connectivity index (χ0) is 26.2. The number of alkyl halides is 1. The van der Waals surface area contributed by atoms with Crippen LogP contribution in [-0.2, 0) is 11.8 Å². The lowest BCUT2D eigenvalue weighted by atomic mass is 9.95. The quantitative estimate of drug-likeness (QED) is 0.332. The summed E-state index contributed by atoms with van der Waals surface area (Å²) in [6.07, 6.45) is 3.38. The molecule has 0 fully saturated rings. The van der Waals surface area contributed by atoms with Gasteiger partial charge in [-0.15, -0.1) is 10.2 Å². The third kappa shape index (κ3) is 5.35. The molecule has 3 N–H and O–H groups in total. The molecule has 2 atom stereocenters. The molecule has 11 heteroatoms. The molecule has 3 heterocycles. The summed E-state index contributed by atoms with van der Waals surface area (Å²) in [5.74, 6) is 0.244. The highest BCUT2D eigenvalue weighted by molar-refractivity contribution is 5.89. The second-order valence-electron chi connectivity index (χ2n) is 10.3. The first-order valence-electron chi connectivity index (χ1n) is 12.2. The van der Waals surface area contributed by atoms with Gasteiger partial charge in [-0.2, -0.15) is 5.10 Å². The van der Waals surface area contributed by atoms with E-state index in [1.54, 1.807) is 18.5 Å². The molecular formula is C26H29FN8O2. The molecule has 0 radical (unpaired) electrons. The van der Waals surface area contributed by atoms with E-state index in [1.807, 2.05) is 45.9 Å². The number of benzene rings is 1. The summed E-state index contributed by atoms with van der Waals surface area (Å²) in [5, 5.41) is 20.9. The maximum atomic E-state index is 14.7. The molecule has 0 spiro atoms. The van der Waals surface area contributed by atoms with Crippen molar-refractivity contribution < 1.29 is 13.6 Å². The SMILES string of the molecule is Cc1[nH]ncc1Nc1nccc(-c2ccc3c(c2)C[C@@H](F)CC[C@@H]3NC(=O)c2nnc(C(C)(C)C)o2)n1.